The van der Waals surface area contributed by atoms with Gasteiger partial charge in [0.25, 0.3) is 5.91 Å². The molecule has 2 aromatic rings. The maximum atomic E-state index is 11.0. The number of benzene rings is 1. The Hall–Kier alpha value is -2.63. The minimum absolute atomic E-state index is 0.178. The number of fused-ring (bicyclic) bond motifs is 1. The van der Waals surface area contributed by atoms with Gasteiger partial charge >= 0.3 is 0 Å². The first-order valence-electron chi connectivity index (χ1n) is 7.30. The van der Waals surface area contributed by atoms with Crippen molar-refractivity contribution < 1.29 is 4.79 Å². The Morgan fingerprint density at radius 3 is 2.86 bits per heavy atom. The van der Waals surface area contributed by atoms with Crippen LogP contribution in [0.25, 0.3) is 0 Å². The first-order valence-corrected chi connectivity index (χ1v) is 7.30. The first kappa shape index (κ1) is 14.3. The molecule has 1 aromatic heterocycles. The molecule has 2 heterocycles. The molecule has 0 saturated carbocycles. The number of primary amides is 1. The third-order valence-corrected chi connectivity index (χ3v) is 3.93. The normalized spacial score (nSPS) is 17.0. The second-order valence-corrected chi connectivity index (χ2v) is 5.63. The van der Waals surface area contributed by atoms with Crippen LogP contribution >= 0.6 is 0 Å². The number of nitrogens with zero attached hydrogens (tertiary/aromatic N) is 3. The molecule has 0 bridgehead atoms. The Labute approximate surface area is 129 Å². The summed E-state index contributed by atoms with van der Waals surface area (Å²) >= 11 is 0. The summed E-state index contributed by atoms with van der Waals surface area (Å²) in [5.41, 5.74) is 8.01. The van der Waals surface area contributed by atoms with Gasteiger partial charge in [0, 0.05) is 25.8 Å². The smallest absolute Gasteiger partial charge is 0.269 e. The molecule has 3 rings (SSSR count). The maximum Gasteiger partial charge on any atom is 0.269 e. The molecule has 0 saturated heterocycles. The molecule has 114 valence electrons. The molecule has 0 fully saturated rings. The SMILES string of the molecule is CN1CC(CNc2ccc(C(N)=O)nn2)Cc2ccccc21. The Kier molecular flexibility index (Phi) is 3.91. The van der Waals surface area contributed by atoms with Crippen LogP contribution in [0.2, 0.25) is 0 Å². The number of aromatic nitrogens is 2. The molecule has 22 heavy (non-hydrogen) atoms. The fourth-order valence-corrected chi connectivity index (χ4v) is 2.86. The van der Waals surface area contributed by atoms with Gasteiger partial charge in [0.2, 0.25) is 0 Å². The summed E-state index contributed by atoms with van der Waals surface area (Å²) in [5, 5.41) is 11.0. The Morgan fingerprint density at radius 2 is 2.14 bits per heavy atom. The summed E-state index contributed by atoms with van der Waals surface area (Å²) < 4.78 is 0. The lowest BCUT2D eigenvalue weighted by molar-refractivity contribution is 0.0994. The molecule has 0 aliphatic carbocycles. The standard InChI is InChI=1S/C16H19N5O/c1-21-10-11(8-12-4-2-3-5-14(12)21)9-18-15-7-6-13(16(17)22)19-20-15/h2-7,11H,8-10H2,1H3,(H2,17,22)(H,18,20). The van der Waals surface area contributed by atoms with E-state index in [1.54, 1.807) is 12.1 Å². The van der Waals surface area contributed by atoms with Crippen molar-refractivity contribution in [1.29, 1.82) is 0 Å². The lowest BCUT2D eigenvalue weighted by Gasteiger charge is -2.33. The van der Waals surface area contributed by atoms with Gasteiger partial charge < -0.3 is 16.0 Å². The number of hydrogen-bond donors (Lipinski definition) is 2. The van der Waals surface area contributed by atoms with Crippen LogP contribution in [0.5, 0.6) is 0 Å². The summed E-state index contributed by atoms with van der Waals surface area (Å²) in [5.74, 6) is 0.591. The van der Waals surface area contributed by atoms with E-state index >= 15 is 0 Å². The van der Waals surface area contributed by atoms with Crippen molar-refractivity contribution in [2.45, 2.75) is 6.42 Å². The molecule has 6 heteroatoms. The lowest BCUT2D eigenvalue weighted by Crippen LogP contribution is -2.35. The third kappa shape index (κ3) is 3.00. The molecular weight excluding hydrogens is 278 g/mol. The maximum absolute atomic E-state index is 11.0. The van der Waals surface area contributed by atoms with E-state index in [1.807, 2.05) is 0 Å². The summed E-state index contributed by atoms with van der Waals surface area (Å²) in [6, 6.07) is 11.8. The third-order valence-electron chi connectivity index (χ3n) is 3.93. The highest BCUT2D eigenvalue weighted by molar-refractivity contribution is 5.90. The van der Waals surface area contributed by atoms with Gasteiger partial charge in [-0.25, -0.2) is 0 Å². The van der Waals surface area contributed by atoms with Gasteiger partial charge in [-0.05, 0) is 36.1 Å². The van der Waals surface area contributed by atoms with Gasteiger partial charge in [-0.3, -0.25) is 4.79 Å². The van der Waals surface area contributed by atoms with Crippen LogP contribution in [0.3, 0.4) is 0 Å². The van der Waals surface area contributed by atoms with Crippen molar-refractivity contribution in [2.75, 3.05) is 30.4 Å². The van der Waals surface area contributed by atoms with E-state index in [9.17, 15) is 4.79 Å². The van der Waals surface area contributed by atoms with Crippen LogP contribution in [0.4, 0.5) is 11.5 Å². The average Bonchev–Trinajstić information content (AvgIpc) is 2.53. The number of hydrogen-bond acceptors (Lipinski definition) is 5. The molecular formula is C16H19N5O. The zero-order valence-corrected chi connectivity index (χ0v) is 12.5. The predicted octanol–water partition coefficient (Wildman–Crippen LogP) is 1.30. The predicted molar refractivity (Wildman–Crippen MR) is 85.9 cm³/mol. The van der Waals surface area contributed by atoms with Gasteiger partial charge in [0.1, 0.15) is 5.82 Å². The van der Waals surface area contributed by atoms with E-state index in [0.29, 0.717) is 11.7 Å². The van der Waals surface area contributed by atoms with Crippen LogP contribution in [0.1, 0.15) is 16.1 Å². The summed E-state index contributed by atoms with van der Waals surface area (Å²) in [6.07, 6.45) is 1.04. The van der Waals surface area contributed by atoms with Crippen LogP contribution in [0.15, 0.2) is 36.4 Å². The molecule has 6 nitrogen and oxygen atoms in total. The highest BCUT2D eigenvalue weighted by Gasteiger charge is 2.21. The van der Waals surface area contributed by atoms with E-state index in [4.69, 9.17) is 5.73 Å². The molecule has 1 aromatic carbocycles. The first-order chi connectivity index (χ1) is 10.6. The molecule has 1 aliphatic heterocycles. The fourth-order valence-electron chi connectivity index (χ4n) is 2.86. The van der Waals surface area contributed by atoms with Gasteiger partial charge in [-0.1, -0.05) is 18.2 Å². The van der Waals surface area contributed by atoms with Crippen molar-refractivity contribution in [1.82, 2.24) is 10.2 Å². The molecule has 1 aliphatic rings. The van der Waals surface area contributed by atoms with Crippen molar-refractivity contribution in [3.05, 3.63) is 47.7 Å². The molecule has 1 unspecified atom stereocenters. The summed E-state index contributed by atoms with van der Waals surface area (Å²) in [7, 11) is 2.12. The van der Waals surface area contributed by atoms with Crippen molar-refractivity contribution in [3.8, 4) is 0 Å². The van der Waals surface area contributed by atoms with E-state index < -0.39 is 5.91 Å². The highest BCUT2D eigenvalue weighted by Crippen LogP contribution is 2.28. The second kappa shape index (κ2) is 6.01. The minimum Gasteiger partial charge on any atom is -0.374 e. The van der Waals surface area contributed by atoms with Crippen LogP contribution in [-0.2, 0) is 6.42 Å². The number of carbonyl (C=O) groups is 1. The van der Waals surface area contributed by atoms with Crippen LogP contribution in [-0.4, -0.2) is 36.2 Å². The quantitative estimate of drug-likeness (QED) is 0.888. The van der Waals surface area contributed by atoms with Gasteiger partial charge in [0.05, 0.1) is 0 Å². The van der Waals surface area contributed by atoms with Crippen LogP contribution < -0.4 is 16.0 Å². The summed E-state index contributed by atoms with van der Waals surface area (Å²) in [4.78, 5) is 13.2. The zero-order valence-electron chi connectivity index (χ0n) is 12.5. The highest BCUT2D eigenvalue weighted by atomic mass is 16.1. The number of nitrogens with two attached hydrogens (primary N) is 1. The monoisotopic (exact) mass is 297 g/mol. The molecule has 1 atom stereocenters. The average molecular weight is 297 g/mol. The molecule has 0 radical (unpaired) electrons. The summed E-state index contributed by atoms with van der Waals surface area (Å²) in [6.45, 7) is 1.81. The molecule has 3 N–H and O–H groups in total. The van der Waals surface area contributed by atoms with E-state index in [0.717, 1.165) is 19.5 Å². The van der Waals surface area contributed by atoms with Gasteiger partial charge in [0.15, 0.2) is 5.69 Å². The Bertz CT molecular complexity index is 670. The fraction of sp³-hybridized carbons (Fsp3) is 0.312. The number of carbonyl (C=O) groups excluding carboxylic acids is 1. The van der Waals surface area contributed by atoms with E-state index in [1.165, 1.54) is 11.3 Å². The zero-order chi connectivity index (χ0) is 15.5. The van der Waals surface area contributed by atoms with Crippen molar-refractivity contribution >= 4 is 17.4 Å². The van der Waals surface area contributed by atoms with E-state index in [2.05, 4.69) is 51.7 Å². The Morgan fingerprint density at radius 1 is 1.32 bits per heavy atom. The Balaban J connectivity index is 1.62. The van der Waals surface area contributed by atoms with Gasteiger partial charge in [-0.2, -0.15) is 0 Å². The number of anilines is 2. The van der Waals surface area contributed by atoms with Crippen molar-refractivity contribution in [3.63, 3.8) is 0 Å². The molecule has 1 amide bonds. The van der Waals surface area contributed by atoms with E-state index in [-0.39, 0.29) is 5.69 Å². The number of amides is 1. The number of para-hydroxylation sites is 1. The topological polar surface area (TPSA) is 84.1 Å². The largest absolute Gasteiger partial charge is 0.374 e. The number of nitrogens with one attached hydrogen (secondary N) is 1. The second-order valence-electron chi connectivity index (χ2n) is 5.63. The van der Waals surface area contributed by atoms with Crippen molar-refractivity contribution in [2.24, 2.45) is 11.7 Å². The minimum atomic E-state index is -0.565. The molecule has 0 spiro atoms. The lowest BCUT2D eigenvalue weighted by atomic mass is 9.93. The van der Waals surface area contributed by atoms with Crippen LogP contribution in [0, 0.1) is 5.92 Å². The number of rotatable bonds is 4. The van der Waals surface area contributed by atoms with Gasteiger partial charge in [-0.15, -0.1) is 10.2 Å².